The van der Waals surface area contributed by atoms with Crippen molar-refractivity contribution < 1.29 is 27.5 Å². The number of carbonyl (C=O) groups is 2. The third-order valence-corrected chi connectivity index (χ3v) is 7.61. The minimum Gasteiger partial charge on any atom is -0.347 e. The van der Waals surface area contributed by atoms with Gasteiger partial charge in [0, 0.05) is 31.6 Å². The summed E-state index contributed by atoms with van der Waals surface area (Å²) in [5.41, 5.74) is 0.960. The van der Waals surface area contributed by atoms with Crippen LogP contribution in [0, 0.1) is 0 Å². The van der Waals surface area contributed by atoms with E-state index in [1.165, 1.54) is 10.7 Å². The topological polar surface area (TPSA) is 114 Å². The van der Waals surface area contributed by atoms with Crippen LogP contribution < -0.4 is 14.9 Å². The van der Waals surface area contributed by atoms with Gasteiger partial charge in [-0.3, -0.25) is 13.9 Å². The Kier molecular flexibility index (Phi) is 5.99. The van der Waals surface area contributed by atoms with Gasteiger partial charge in [0.25, 0.3) is 0 Å². The molecule has 3 fully saturated rings. The van der Waals surface area contributed by atoms with E-state index in [0.29, 0.717) is 30.9 Å². The predicted octanol–water partition coefficient (Wildman–Crippen LogP) is 1.36. The lowest BCUT2D eigenvalue weighted by atomic mass is 9.94. The van der Waals surface area contributed by atoms with Crippen LogP contribution >= 0.6 is 0 Å². The molecular formula is C20H27N3O6S. The Balaban J connectivity index is 1.25. The number of amides is 2. The minimum absolute atomic E-state index is 0.141. The van der Waals surface area contributed by atoms with Crippen LogP contribution in [-0.4, -0.2) is 57.6 Å². The highest BCUT2D eigenvalue weighted by atomic mass is 32.2. The molecule has 0 aromatic heterocycles. The number of rotatable bonds is 4. The maximum absolute atomic E-state index is 12.2. The molecule has 2 aliphatic heterocycles. The summed E-state index contributed by atoms with van der Waals surface area (Å²) in [6.07, 6.45) is 5.40. The summed E-state index contributed by atoms with van der Waals surface area (Å²) in [6.45, 7) is 1.06. The van der Waals surface area contributed by atoms with Crippen molar-refractivity contribution in [1.82, 2.24) is 5.32 Å². The number of hydrogen-bond donors (Lipinski definition) is 2. The van der Waals surface area contributed by atoms with Crippen LogP contribution in [0.25, 0.3) is 0 Å². The van der Waals surface area contributed by atoms with Gasteiger partial charge in [-0.15, -0.1) is 0 Å². The van der Waals surface area contributed by atoms with Crippen molar-refractivity contribution in [2.24, 2.45) is 0 Å². The van der Waals surface area contributed by atoms with E-state index in [1.54, 1.807) is 24.3 Å². The van der Waals surface area contributed by atoms with Gasteiger partial charge in [0.15, 0.2) is 5.79 Å². The number of sulfonamides is 1. The molecule has 1 atom stereocenters. The zero-order valence-electron chi connectivity index (χ0n) is 16.8. The Hall–Kier alpha value is -2.17. The third-order valence-electron chi connectivity index (χ3n) is 5.74. The van der Waals surface area contributed by atoms with Crippen LogP contribution in [-0.2, 0) is 29.1 Å². The SMILES string of the molecule is O=C(NC[C@@H]1COC2(CCCCC2)O1)C(=O)Nc1ccc(N2CCCS2(=O)=O)cc1. The Labute approximate surface area is 176 Å². The molecule has 4 rings (SSSR count). The number of anilines is 2. The van der Waals surface area contributed by atoms with Gasteiger partial charge in [0.05, 0.1) is 18.0 Å². The number of ether oxygens (including phenoxy) is 2. The van der Waals surface area contributed by atoms with Crippen molar-refractivity contribution in [2.45, 2.75) is 50.4 Å². The first-order valence-corrected chi connectivity index (χ1v) is 12.0. The van der Waals surface area contributed by atoms with Crippen molar-refractivity contribution in [2.75, 3.05) is 35.1 Å². The highest BCUT2D eigenvalue weighted by molar-refractivity contribution is 7.93. The van der Waals surface area contributed by atoms with E-state index >= 15 is 0 Å². The molecule has 1 aromatic carbocycles. The van der Waals surface area contributed by atoms with Crippen LogP contribution in [0.1, 0.15) is 38.5 Å². The van der Waals surface area contributed by atoms with E-state index in [2.05, 4.69) is 10.6 Å². The van der Waals surface area contributed by atoms with Crippen molar-refractivity contribution >= 4 is 33.2 Å². The summed E-state index contributed by atoms with van der Waals surface area (Å²) in [5.74, 6) is -1.92. The van der Waals surface area contributed by atoms with Gasteiger partial charge in [-0.25, -0.2) is 8.42 Å². The molecule has 1 aliphatic carbocycles. The van der Waals surface area contributed by atoms with Gasteiger partial charge in [-0.05, 0) is 43.5 Å². The smallest absolute Gasteiger partial charge is 0.313 e. The highest BCUT2D eigenvalue weighted by Gasteiger charge is 2.42. The van der Waals surface area contributed by atoms with Gasteiger partial charge in [-0.1, -0.05) is 6.42 Å². The van der Waals surface area contributed by atoms with Crippen LogP contribution in [0.15, 0.2) is 24.3 Å². The lowest BCUT2D eigenvalue weighted by molar-refractivity contribution is -0.186. The lowest BCUT2D eigenvalue weighted by Gasteiger charge is -2.31. The Bertz CT molecular complexity index is 896. The fraction of sp³-hybridized carbons (Fsp3) is 0.600. The average molecular weight is 438 g/mol. The van der Waals surface area contributed by atoms with Crippen molar-refractivity contribution in [3.05, 3.63) is 24.3 Å². The first kappa shape index (κ1) is 21.1. The minimum atomic E-state index is -3.26. The van der Waals surface area contributed by atoms with Crippen molar-refractivity contribution in [3.8, 4) is 0 Å². The van der Waals surface area contributed by atoms with E-state index in [4.69, 9.17) is 9.47 Å². The summed E-state index contributed by atoms with van der Waals surface area (Å²) in [5, 5.41) is 5.11. The van der Waals surface area contributed by atoms with E-state index < -0.39 is 27.6 Å². The first-order valence-electron chi connectivity index (χ1n) is 10.4. The monoisotopic (exact) mass is 437 g/mol. The van der Waals surface area contributed by atoms with Crippen LogP contribution in [0.4, 0.5) is 11.4 Å². The number of benzene rings is 1. The second-order valence-electron chi connectivity index (χ2n) is 7.97. The molecule has 0 unspecified atom stereocenters. The molecule has 2 N–H and O–H groups in total. The summed E-state index contributed by atoms with van der Waals surface area (Å²) in [6, 6.07) is 6.39. The van der Waals surface area contributed by atoms with E-state index in [1.807, 2.05) is 0 Å². The number of hydrogen-bond acceptors (Lipinski definition) is 6. The van der Waals surface area contributed by atoms with Crippen molar-refractivity contribution in [3.63, 3.8) is 0 Å². The van der Waals surface area contributed by atoms with Crippen LogP contribution in [0.3, 0.4) is 0 Å². The normalized spacial score (nSPS) is 24.7. The maximum atomic E-state index is 12.2. The molecule has 3 aliphatic rings. The Morgan fingerprint density at radius 1 is 1.07 bits per heavy atom. The summed E-state index contributed by atoms with van der Waals surface area (Å²) >= 11 is 0. The largest absolute Gasteiger partial charge is 0.347 e. The standard InChI is InChI=1S/C20H27N3O6S/c24-18(21-13-17-14-28-20(29-17)9-2-1-3-10-20)19(25)22-15-5-7-16(8-6-15)23-11-4-12-30(23,26)27/h5-8,17H,1-4,9-14H2,(H,21,24)(H,22,25)/t17-/m1/s1. The molecule has 1 aromatic rings. The summed E-state index contributed by atoms with van der Waals surface area (Å²) < 4.78 is 37.1. The molecule has 9 nitrogen and oxygen atoms in total. The molecule has 2 saturated heterocycles. The Morgan fingerprint density at radius 3 is 2.47 bits per heavy atom. The molecular weight excluding hydrogens is 410 g/mol. The summed E-state index contributed by atoms with van der Waals surface area (Å²) in [4.78, 5) is 24.3. The fourth-order valence-corrected chi connectivity index (χ4v) is 5.75. The maximum Gasteiger partial charge on any atom is 0.313 e. The fourth-order valence-electron chi connectivity index (χ4n) is 4.19. The van der Waals surface area contributed by atoms with Crippen molar-refractivity contribution in [1.29, 1.82) is 0 Å². The third kappa shape index (κ3) is 4.60. The highest BCUT2D eigenvalue weighted by Crippen LogP contribution is 2.37. The predicted molar refractivity (Wildman–Crippen MR) is 110 cm³/mol. The Morgan fingerprint density at radius 2 is 1.80 bits per heavy atom. The van der Waals surface area contributed by atoms with Gasteiger partial charge >= 0.3 is 11.8 Å². The molecule has 10 heteroatoms. The molecule has 0 radical (unpaired) electrons. The number of nitrogens with zero attached hydrogens (tertiary/aromatic N) is 1. The average Bonchev–Trinajstić information content (AvgIpc) is 3.29. The molecule has 2 heterocycles. The first-order chi connectivity index (χ1) is 14.4. The second kappa shape index (κ2) is 8.52. The van der Waals surface area contributed by atoms with Crippen LogP contribution in [0.2, 0.25) is 0 Å². The zero-order chi connectivity index (χ0) is 21.2. The number of carbonyl (C=O) groups excluding carboxylic acids is 2. The van der Waals surface area contributed by atoms with Gasteiger partial charge < -0.3 is 20.1 Å². The lowest BCUT2D eigenvalue weighted by Crippen LogP contribution is -2.41. The second-order valence-corrected chi connectivity index (χ2v) is 9.99. The van der Waals surface area contributed by atoms with Gasteiger partial charge in [0.2, 0.25) is 10.0 Å². The zero-order valence-corrected chi connectivity index (χ0v) is 17.6. The van der Waals surface area contributed by atoms with Gasteiger partial charge in [-0.2, -0.15) is 0 Å². The van der Waals surface area contributed by atoms with E-state index in [9.17, 15) is 18.0 Å². The van der Waals surface area contributed by atoms with Gasteiger partial charge in [0.1, 0.15) is 6.10 Å². The molecule has 164 valence electrons. The molecule has 0 bridgehead atoms. The van der Waals surface area contributed by atoms with E-state index in [-0.39, 0.29) is 18.4 Å². The molecule has 30 heavy (non-hydrogen) atoms. The molecule has 1 saturated carbocycles. The summed E-state index contributed by atoms with van der Waals surface area (Å²) in [7, 11) is -3.26. The van der Waals surface area contributed by atoms with Crippen LogP contribution in [0.5, 0.6) is 0 Å². The quantitative estimate of drug-likeness (QED) is 0.688. The molecule has 2 amide bonds. The molecule has 1 spiro atoms. The van der Waals surface area contributed by atoms with E-state index in [0.717, 1.165) is 25.7 Å². The number of nitrogens with one attached hydrogen (secondary N) is 2.